The van der Waals surface area contributed by atoms with Gasteiger partial charge in [-0.3, -0.25) is 10.1 Å². The van der Waals surface area contributed by atoms with Gasteiger partial charge in [-0.2, -0.15) is 0 Å². The number of rotatable bonds is 2. The van der Waals surface area contributed by atoms with E-state index in [4.69, 9.17) is 0 Å². The van der Waals surface area contributed by atoms with Crippen molar-refractivity contribution >= 4 is 11.6 Å². The maximum absolute atomic E-state index is 12.4. The fourth-order valence-electron chi connectivity index (χ4n) is 3.08. The molecule has 2 aliphatic rings. The number of nitrogens with one attached hydrogen (secondary N) is 1. The third-order valence-electron chi connectivity index (χ3n) is 4.56. The molecule has 1 fully saturated rings. The van der Waals surface area contributed by atoms with Crippen LogP contribution in [0.1, 0.15) is 11.1 Å². The van der Waals surface area contributed by atoms with Gasteiger partial charge in [0.25, 0.3) is 0 Å². The van der Waals surface area contributed by atoms with Gasteiger partial charge in [-0.1, -0.05) is 24.3 Å². The van der Waals surface area contributed by atoms with Gasteiger partial charge >= 0.3 is 0 Å². The summed E-state index contributed by atoms with van der Waals surface area (Å²) in [5, 5.41) is 3.20. The smallest absolute Gasteiger partial charge is 0.243 e. The quantitative estimate of drug-likeness (QED) is 0.836. The van der Waals surface area contributed by atoms with Gasteiger partial charge in [0, 0.05) is 38.4 Å². The van der Waals surface area contributed by atoms with Crippen LogP contribution in [0.15, 0.2) is 30.4 Å². The highest BCUT2D eigenvalue weighted by molar-refractivity contribution is 5.84. The van der Waals surface area contributed by atoms with Crippen molar-refractivity contribution in [3.8, 4) is 0 Å². The van der Waals surface area contributed by atoms with Gasteiger partial charge in [-0.05, 0) is 31.0 Å². The van der Waals surface area contributed by atoms with Gasteiger partial charge in [-0.25, -0.2) is 0 Å². The summed E-state index contributed by atoms with van der Waals surface area (Å²) in [5.74, 6) is 0.212. The molecule has 4 nitrogen and oxygen atoms in total. The molecule has 0 saturated carbocycles. The average molecular weight is 285 g/mol. The number of nitrogens with zero attached hydrogens (tertiary/aromatic N) is 2. The summed E-state index contributed by atoms with van der Waals surface area (Å²) in [6.45, 7) is 8.56. The summed E-state index contributed by atoms with van der Waals surface area (Å²) >= 11 is 0. The molecule has 2 aliphatic heterocycles. The van der Waals surface area contributed by atoms with Gasteiger partial charge in [-0.15, -0.1) is 0 Å². The number of hydrogen-bond acceptors (Lipinski definition) is 3. The lowest BCUT2D eigenvalue weighted by Gasteiger charge is -2.37. The second-order valence-electron chi connectivity index (χ2n) is 5.85. The van der Waals surface area contributed by atoms with E-state index in [-0.39, 0.29) is 11.9 Å². The Kier molecular flexibility index (Phi) is 3.97. The minimum Gasteiger partial charge on any atom is -0.368 e. The molecule has 1 aromatic carbocycles. The highest BCUT2D eigenvalue weighted by Crippen LogP contribution is 2.24. The van der Waals surface area contributed by atoms with Crippen molar-refractivity contribution in [3.05, 3.63) is 41.5 Å². The van der Waals surface area contributed by atoms with Crippen LogP contribution < -0.4 is 10.2 Å². The van der Waals surface area contributed by atoms with Crippen molar-refractivity contribution in [3.63, 3.8) is 0 Å². The van der Waals surface area contributed by atoms with E-state index in [0.29, 0.717) is 0 Å². The molecule has 21 heavy (non-hydrogen) atoms. The first-order valence-electron chi connectivity index (χ1n) is 7.67. The molecule has 0 aromatic heterocycles. The Morgan fingerprint density at radius 2 is 1.95 bits per heavy atom. The first-order valence-corrected chi connectivity index (χ1v) is 7.67. The fraction of sp³-hybridized carbons (Fsp3) is 0.471. The van der Waals surface area contributed by atoms with Crippen LogP contribution in [0.5, 0.6) is 0 Å². The zero-order valence-corrected chi connectivity index (χ0v) is 12.8. The van der Waals surface area contributed by atoms with Crippen molar-refractivity contribution in [1.82, 2.24) is 10.2 Å². The number of aryl methyl sites for hydroxylation is 1. The van der Waals surface area contributed by atoms with Crippen LogP contribution in [0.4, 0.5) is 5.69 Å². The molecule has 3 rings (SSSR count). The standard InChI is InChI=1S/C17H23N3O/c1-13-5-3-7-16(14(13)2)19-9-11-20(12-10-19)17(21)15-6-4-8-18-15/h3-7,15,18H,8-12H2,1-2H3/t15-/m1/s1. The average Bonchev–Trinajstić information content (AvgIpc) is 3.04. The number of anilines is 1. The summed E-state index contributed by atoms with van der Waals surface area (Å²) in [6.07, 6.45) is 3.99. The summed E-state index contributed by atoms with van der Waals surface area (Å²) in [5.41, 5.74) is 3.98. The number of amides is 1. The normalized spacial score (nSPS) is 21.9. The van der Waals surface area contributed by atoms with E-state index in [9.17, 15) is 4.79 Å². The predicted octanol–water partition coefficient (Wildman–Crippen LogP) is 1.48. The summed E-state index contributed by atoms with van der Waals surface area (Å²) < 4.78 is 0. The van der Waals surface area contributed by atoms with Crippen LogP contribution in [0.3, 0.4) is 0 Å². The number of benzene rings is 1. The second-order valence-corrected chi connectivity index (χ2v) is 5.85. The van der Waals surface area contributed by atoms with Crippen LogP contribution in [0, 0.1) is 13.8 Å². The minimum atomic E-state index is -0.114. The zero-order chi connectivity index (χ0) is 14.8. The Labute approximate surface area is 126 Å². The van der Waals surface area contributed by atoms with Gasteiger partial charge in [0.15, 0.2) is 0 Å². The molecule has 112 valence electrons. The molecule has 1 saturated heterocycles. The molecule has 0 unspecified atom stereocenters. The maximum atomic E-state index is 12.4. The molecular weight excluding hydrogens is 262 g/mol. The van der Waals surface area contributed by atoms with Crippen LogP contribution >= 0.6 is 0 Å². The number of carbonyl (C=O) groups is 1. The Morgan fingerprint density at radius 3 is 2.62 bits per heavy atom. The molecule has 4 heteroatoms. The summed E-state index contributed by atoms with van der Waals surface area (Å²) in [4.78, 5) is 16.7. The largest absolute Gasteiger partial charge is 0.368 e. The summed E-state index contributed by atoms with van der Waals surface area (Å²) in [7, 11) is 0. The zero-order valence-electron chi connectivity index (χ0n) is 12.8. The lowest BCUT2D eigenvalue weighted by Crippen LogP contribution is -2.53. The SMILES string of the molecule is Cc1cccc(N2CCN(C(=O)[C@H]3C=CCN3)CC2)c1C. The van der Waals surface area contributed by atoms with E-state index in [2.05, 4.69) is 42.3 Å². The predicted molar refractivity (Wildman–Crippen MR) is 85.6 cm³/mol. The topological polar surface area (TPSA) is 35.6 Å². The summed E-state index contributed by atoms with van der Waals surface area (Å²) in [6, 6.07) is 6.33. The Bertz CT molecular complexity index is 559. The monoisotopic (exact) mass is 285 g/mol. The third kappa shape index (κ3) is 2.81. The lowest BCUT2D eigenvalue weighted by molar-refractivity contribution is -0.132. The van der Waals surface area contributed by atoms with Crippen LogP contribution in [0.2, 0.25) is 0 Å². The molecule has 1 atom stereocenters. The Hall–Kier alpha value is -1.81. The second kappa shape index (κ2) is 5.90. The Morgan fingerprint density at radius 1 is 1.19 bits per heavy atom. The van der Waals surface area contributed by atoms with Crippen LogP contribution in [0.25, 0.3) is 0 Å². The molecule has 1 aromatic rings. The van der Waals surface area contributed by atoms with E-state index in [0.717, 1.165) is 32.7 Å². The van der Waals surface area contributed by atoms with Crippen molar-refractivity contribution < 1.29 is 4.79 Å². The van der Waals surface area contributed by atoms with E-state index < -0.39 is 0 Å². The van der Waals surface area contributed by atoms with E-state index in [1.807, 2.05) is 17.1 Å². The lowest BCUT2D eigenvalue weighted by atomic mass is 10.1. The number of piperazine rings is 1. The first kappa shape index (κ1) is 14.1. The highest BCUT2D eigenvalue weighted by Gasteiger charge is 2.27. The van der Waals surface area contributed by atoms with Crippen LogP contribution in [-0.4, -0.2) is 49.6 Å². The first-order chi connectivity index (χ1) is 10.2. The maximum Gasteiger partial charge on any atom is 0.243 e. The van der Waals surface area contributed by atoms with E-state index >= 15 is 0 Å². The number of carbonyl (C=O) groups excluding carboxylic acids is 1. The minimum absolute atomic E-state index is 0.114. The molecule has 1 amide bonds. The molecule has 0 aliphatic carbocycles. The van der Waals surface area contributed by atoms with Gasteiger partial charge in [0.05, 0.1) is 0 Å². The van der Waals surface area contributed by atoms with Crippen molar-refractivity contribution in [2.75, 3.05) is 37.6 Å². The molecule has 2 heterocycles. The number of hydrogen-bond donors (Lipinski definition) is 1. The molecule has 1 N–H and O–H groups in total. The van der Waals surface area contributed by atoms with Gasteiger partial charge < -0.3 is 9.80 Å². The highest BCUT2D eigenvalue weighted by atomic mass is 16.2. The molecular formula is C17H23N3O. The van der Waals surface area contributed by atoms with Crippen molar-refractivity contribution in [2.24, 2.45) is 0 Å². The fourth-order valence-corrected chi connectivity index (χ4v) is 3.08. The van der Waals surface area contributed by atoms with Crippen molar-refractivity contribution in [2.45, 2.75) is 19.9 Å². The van der Waals surface area contributed by atoms with Crippen molar-refractivity contribution in [1.29, 1.82) is 0 Å². The Balaban J connectivity index is 1.63. The third-order valence-corrected chi connectivity index (χ3v) is 4.56. The van der Waals surface area contributed by atoms with Gasteiger partial charge in [0.2, 0.25) is 5.91 Å². The van der Waals surface area contributed by atoms with Crippen LogP contribution in [-0.2, 0) is 4.79 Å². The molecule has 0 bridgehead atoms. The molecule has 0 radical (unpaired) electrons. The molecule has 0 spiro atoms. The van der Waals surface area contributed by atoms with Gasteiger partial charge in [0.1, 0.15) is 6.04 Å². The van der Waals surface area contributed by atoms with E-state index in [1.54, 1.807) is 0 Å². The van der Waals surface area contributed by atoms with E-state index in [1.165, 1.54) is 16.8 Å².